The summed E-state index contributed by atoms with van der Waals surface area (Å²) in [6.07, 6.45) is 7.76. The molecule has 3 rings (SSSR count). The van der Waals surface area contributed by atoms with Gasteiger partial charge in [0, 0.05) is 26.2 Å². The van der Waals surface area contributed by atoms with Gasteiger partial charge in [-0.05, 0) is 49.3 Å². The zero-order valence-corrected chi connectivity index (χ0v) is 17.1. The first kappa shape index (κ1) is 21.6. The molecule has 1 heterocycles. The Hall–Kier alpha value is -0.660. The van der Waals surface area contributed by atoms with Crippen LogP contribution in [-0.2, 0) is 14.8 Å². The lowest BCUT2D eigenvalue weighted by atomic mass is 9.84. The first-order chi connectivity index (χ1) is 12.1. The molecule has 0 spiro atoms. The minimum Gasteiger partial charge on any atom is -0.381 e. The van der Waals surface area contributed by atoms with Crippen LogP contribution in [0.2, 0.25) is 0 Å². The predicted molar refractivity (Wildman–Crippen MR) is 106 cm³/mol. The van der Waals surface area contributed by atoms with Gasteiger partial charge in [0.1, 0.15) is 0 Å². The smallest absolute Gasteiger partial charge is 0.243 e. The second-order valence-electron chi connectivity index (χ2n) is 7.29. The summed E-state index contributed by atoms with van der Waals surface area (Å²) in [6.45, 7) is 0.784. The maximum absolute atomic E-state index is 13.1. The largest absolute Gasteiger partial charge is 0.381 e. The van der Waals surface area contributed by atoms with Crippen LogP contribution in [0.4, 0.5) is 0 Å². The third kappa shape index (κ3) is 4.60. The summed E-state index contributed by atoms with van der Waals surface area (Å²) < 4.78 is 33.1. The van der Waals surface area contributed by atoms with Crippen LogP contribution in [-0.4, -0.2) is 45.1 Å². The van der Waals surface area contributed by atoms with Gasteiger partial charge in [0.25, 0.3) is 0 Å². The van der Waals surface area contributed by atoms with Gasteiger partial charge in [-0.1, -0.05) is 31.4 Å². The molecular weight excluding hydrogens is 372 g/mol. The SMILES string of the molecule is COC1CCN(S(=O)(=O)c2ccc(C3CCCCC3)cc2)C(CN)C1.Cl. The summed E-state index contributed by atoms with van der Waals surface area (Å²) in [5, 5.41) is 0. The van der Waals surface area contributed by atoms with Gasteiger partial charge in [-0.3, -0.25) is 0 Å². The van der Waals surface area contributed by atoms with E-state index in [-0.39, 0.29) is 24.6 Å². The number of rotatable bonds is 5. The normalized spacial score (nSPS) is 25.6. The summed E-state index contributed by atoms with van der Waals surface area (Å²) in [5.74, 6) is 0.583. The van der Waals surface area contributed by atoms with Crippen molar-refractivity contribution < 1.29 is 13.2 Å². The van der Waals surface area contributed by atoms with Crippen molar-refractivity contribution in [1.82, 2.24) is 4.31 Å². The van der Waals surface area contributed by atoms with Crippen LogP contribution < -0.4 is 5.73 Å². The van der Waals surface area contributed by atoms with Crippen LogP contribution in [0.5, 0.6) is 0 Å². The zero-order valence-electron chi connectivity index (χ0n) is 15.5. The number of benzene rings is 1. The Labute approximate surface area is 163 Å². The highest BCUT2D eigenvalue weighted by Crippen LogP contribution is 2.33. The van der Waals surface area contributed by atoms with Crippen molar-refractivity contribution in [2.24, 2.45) is 5.73 Å². The lowest BCUT2D eigenvalue weighted by Gasteiger charge is -2.37. The van der Waals surface area contributed by atoms with E-state index >= 15 is 0 Å². The number of methoxy groups -OCH3 is 1. The average Bonchev–Trinajstić information content (AvgIpc) is 2.68. The number of piperidine rings is 1. The topological polar surface area (TPSA) is 72.6 Å². The third-order valence-corrected chi connectivity index (χ3v) is 7.75. The fourth-order valence-electron chi connectivity index (χ4n) is 4.22. The minimum absolute atomic E-state index is 0. The van der Waals surface area contributed by atoms with E-state index < -0.39 is 10.0 Å². The summed E-state index contributed by atoms with van der Waals surface area (Å²) in [4.78, 5) is 0.376. The van der Waals surface area contributed by atoms with Crippen LogP contribution in [0.25, 0.3) is 0 Å². The lowest BCUT2D eigenvalue weighted by molar-refractivity contribution is 0.0401. The third-order valence-electron chi connectivity index (χ3n) is 5.78. The van der Waals surface area contributed by atoms with Crippen molar-refractivity contribution in [3.8, 4) is 0 Å². The molecule has 2 atom stereocenters. The molecule has 2 fully saturated rings. The van der Waals surface area contributed by atoms with E-state index in [1.54, 1.807) is 23.5 Å². The van der Waals surface area contributed by atoms with E-state index in [2.05, 4.69) is 0 Å². The maximum Gasteiger partial charge on any atom is 0.243 e. The number of halogens is 1. The number of nitrogens with two attached hydrogens (primary N) is 1. The number of nitrogens with zero attached hydrogens (tertiary/aromatic N) is 1. The second-order valence-corrected chi connectivity index (χ2v) is 9.18. The van der Waals surface area contributed by atoms with E-state index in [1.165, 1.54) is 37.7 Å². The number of ether oxygens (including phenoxy) is 1. The number of sulfonamides is 1. The lowest BCUT2D eigenvalue weighted by Crippen LogP contribution is -2.51. The molecule has 1 aromatic rings. The summed E-state index contributed by atoms with van der Waals surface area (Å²) in [5.41, 5.74) is 7.12. The van der Waals surface area contributed by atoms with Crippen LogP contribution >= 0.6 is 12.4 Å². The Morgan fingerprint density at radius 2 is 1.77 bits per heavy atom. The molecule has 0 bridgehead atoms. The molecule has 2 unspecified atom stereocenters. The van der Waals surface area contributed by atoms with Gasteiger partial charge in [0.05, 0.1) is 11.0 Å². The quantitative estimate of drug-likeness (QED) is 0.820. The van der Waals surface area contributed by atoms with Gasteiger partial charge in [-0.15, -0.1) is 12.4 Å². The summed E-state index contributed by atoms with van der Waals surface area (Å²) in [6, 6.07) is 7.36. The monoisotopic (exact) mass is 402 g/mol. The fraction of sp³-hybridized carbons (Fsp3) is 0.684. The molecule has 26 heavy (non-hydrogen) atoms. The van der Waals surface area contributed by atoms with Crippen molar-refractivity contribution in [3.63, 3.8) is 0 Å². The first-order valence-corrected chi connectivity index (χ1v) is 10.8. The number of hydrogen-bond acceptors (Lipinski definition) is 4. The molecule has 0 amide bonds. The van der Waals surface area contributed by atoms with Gasteiger partial charge in [-0.25, -0.2) is 8.42 Å². The van der Waals surface area contributed by atoms with Gasteiger partial charge in [-0.2, -0.15) is 4.31 Å². The van der Waals surface area contributed by atoms with Crippen LogP contribution in [0.1, 0.15) is 56.4 Å². The van der Waals surface area contributed by atoms with Gasteiger partial charge in [0.2, 0.25) is 10.0 Å². The molecule has 0 radical (unpaired) electrons. The van der Waals surface area contributed by atoms with Crippen LogP contribution in [0.3, 0.4) is 0 Å². The Kier molecular flexibility index (Phi) is 7.91. The molecule has 0 aromatic heterocycles. The van der Waals surface area contributed by atoms with Crippen LogP contribution in [0.15, 0.2) is 29.2 Å². The minimum atomic E-state index is -3.50. The second kappa shape index (κ2) is 9.51. The molecular formula is C19H31ClN2O3S. The summed E-state index contributed by atoms with van der Waals surface area (Å²) in [7, 11) is -1.83. The molecule has 1 aromatic carbocycles. The van der Waals surface area contributed by atoms with Crippen molar-refractivity contribution in [2.75, 3.05) is 20.2 Å². The molecule has 1 saturated carbocycles. The van der Waals surface area contributed by atoms with E-state index in [9.17, 15) is 8.42 Å². The average molecular weight is 403 g/mol. The Balaban J connectivity index is 0.00000243. The van der Waals surface area contributed by atoms with E-state index in [4.69, 9.17) is 10.5 Å². The standard InChI is InChI=1S/C19H30N2O3S.ClH/c1-24-18-11-12-21(17(13-18)14-20)25(22,23)19-9-7-16(8-10-19)15-5-3-2-4-6-15;/h7-10,15,17-18H,2-6,11-14,20H2,1H3;1H. The maximum atomic E-state index is 13.1. The van der Waals surface area contributed by atoms with Crippen molar-refractivity contribution in [2.45, 2.75) is 67.9 Å². The molecule has 1 aliphatic heterocycles. The molecule has 5 nitrogen and oxygen atoms in total. The van der Waals surface area contributed by atoms with Gasteiger partial charge in [0.15, 0.2) is 0 Å². The Morgan fingerprint density at radius 3 is 2.35 bits per heavy atom. The van der Waals surface area contributed by atoms with Crippen LogP contribution in [0, 0.1) is 0 Å². The van der Waals surface area contributed by atoms with Gasteiger partial charge >= 0.3 is 0 Å². The van der Waals surface area contributed by atoms with E-state index in [0.29, 0.717) is 36.7 Å². The van der Waals surface area contributed by atoms with Crippen molar-refractivity contribution in [3.05, 3.63) is 29.8 Å². The predicted octanol–water partition coefficient (Wildman–Crippen LogP) is 3.28. The first-order valence-electron chi connectivity index (χ1n) is 9.41. The van der Waals surface area contributed by atoms with Crippen molar-refractivity contribution >= 4 is 22.4 Å². The summed E-state index contributed by atoms with van der Waals surface area (Å²) >= 11 is 0. The number of hydrogen-bond donors (Lipinski definition) is 1. The molecule has 1 aliphatic carbocycles. The molecule has 2 aliphatic rings. The molecule has 148 valence electrons. The Morgan fingerprint density at radius 1 is 1.12 bits per heavy atom. The highest BCUT2D eigenvalue weighted by atomic mass is 35.5. The molecule has 7 heteroatoms. The highest BCUT2D eigenvalue weighted by molar-refractivity contribution is 7.89. The van der Waals surface area contributed by atoms with Gasteiger partial charge < -0.3 is 10.5 Å². The Bertz CT molecular complexity index is 660. The highest BCUT2D eigenvalue weighted by Gasteiger charge is 2.36. The van der Waals surface area contributed by atoms with E-state index in [0.717, 1.165) is 0 Å². The van der Waals surface area contributed by atoms with Crippen molar-refractivity contribution in [1.29, 1.82) is 0 Å². The molecule has 1 saturated heterocycles. The molecule has 2 N–H and O–H groups in total. The van der Waals surface area contributed by atoms with E-state index in [1.807, 2.05) is 12.1 Å². The zero-order chi connectivity index (χ0) is 17.9. The fourth-order valence-corrected chi connectivity index (χ4v) is 5.88.